The van der Waals surface area contributed by atoms with E-state index in [1.165, 1.54) is 12.4 Å². The maximum Gasteiger partial charge on any atom is 0.254 e. The molecular formula is C25H36FN5O5. The fourth-order valence-electron chi connectivity index (χ4n) is 5.66. The second-order valence-electron chi connectivity index (χ2n) is 10.4. The first kappa shape index (κ1) is 25.3. The maximum absolute atomic E-state index is 13.3. The van der Waals surface area contributed by atoms with Crippen LogP contribution in [-0.4, -0.2) is 94.5 Å². The molecule has 3 atom stereocenters. The highest BCUT2D eigenvalue weighted by molar-refractivity contribution is 5.86. The van der Waals surface area contributed by atoms with Gasteiger partial charge in [-0.1, -0.05) is 0 Å². The van der Waals surface area contributed by atoms with Crippen LogP contribution >= 0.6 is 0 Å². The van der Waals surface area contributed by atoms with Crippen molar-refractivity contribution in [2.75, 3.05) is 37.7 Å². The molecule has 4 fully saturated rings. The quantitative estimate of drug-likeness (QED) is 0.567. The van der Waals surface area contributed by atoms with E-state index >= 15 is 0 Å². The molecule has 1 aromatic heterocycles. The fourth-order valence-corrected chi connectivity index (χ4v) is 5.66. The minimum Gasteiger partial charge on any atom is -0.380 e. The number of anilines is 1. The molecule has 3 aliphatic heterocycles. The van der Waals surface area contributed by atoms with E-state index in [9.17, 15) is 19.1 Å². The predicted octanol–water partition coefficient (Wildman–Crippen LogP) is 1.17. The lowest BCUT2D eigenvalue weighted by Gasteiger charge is -2.47. The van der Waals surface area contributed by atoms with Gasteiger partial charge in [0.1, 0.15) is 11.7 Å². The predicted molar refractivity (Wildman–Crippen MR) is 128 cm³/mol. The normalized spacial score (nSPS) is 28.6. The number of halogens is 1. The summed E-state index contributed by atoms with van der Waals surface area (Å²) in [6.45, 7) is 2.79. The van der Waals surface area contributed by atoms with Gasteiger partial charge in [0.25, 0.3) is 5.91 Å². The van der Waals surface area contributed by atoms with E-state index in [4.69, 9.17) is 9.47 Å². The van der Waals surface area contributed by atoms with Gasteiger partial charge in [0, 0.05) is 26.2 Å². The van der Waals surface area contributed by atoms with Gasteiger partial charge in [-0.05, 0) is 57.8 Å². The Morgan fingerprint density at radius 3 is 2.50 bits per heavy atom. The van der Waals surface area contributed by atoms with Crippen LogP contribution < -0.4 is 10.2 Å². The van der Waals surface area contributed by atoms with Crippen molar-refractivity contribution in [1.29, 1.82) is 0 Å². The van der Waals surface area contributed by atoms with Gasteiger partial charge in [0.05, 0.1) is 37.2 Å². The molecule has 1 aliphatic carbocycles. The zero-order chi connectivity index (χ0) is 25.1. The lowest BCUT2D eigenvalue weighted by Crippen LogP contribution is -2.64. The highest BCUT2D eigenvalue weighted by Gasteiger charge is 2.48. The van der Waals surface area contributed by atoms with Crippen molar-refractivity contribution in [2.45, 2.75) is 87.7 Å². The molecule has 0 unspecified atom stereocenters. The average Bonchev–Trinajstić information content (AvgIpc) is 3.42. The van der Waals surface area contributed by atoms with Gasteiger partial charge >= 0.3 is 0 Å². The molecular weight excluding hydrogens is 469 g/mol. The van der Waals surface area contributed by atoms with E-state index < -0.39 is 17.5 Å². The Balaban J connectivity index is 1.22. The second kappa shape index (κ2) is 10.9. The lowest BCUT2D eigenvalue weighted by molar-refractivity contribution is -0.168. The van der Waals surface area contributed by atoms with Crippen LogP contribution in [0.15, 0.2) is 12.4 Å². The molecule has 0 radical (unpaired) electrons. The molecule has 2 amide bonds. The van der Waals surface area contributed by atoms with Crippen LogP contribution in [0.5, 0.6) is 0 Å². The topological polar surface area (TPSA) is 117 Å². The first-order valence-corrected chi connectivity index (χ1v) is 13.2. The Morgan fingerprint density at radius 2 is 1.86 bits per heavy atom. The minimum absolute atomic E-state index is 0.0121. The number of nitrogens with one attached hydrogen (secondary N) is 1. The number of piperidine rings is 2. The number of nitrogens with zero attached hydrogens (tertiary/aromatic N) is 4. The molecule has 0 bridgehead atoms. The van der Waals surface area contributed by atoms with E-state index in [0.717, 1.165) is 38.5 Å². The van der Waals surface area contributed by atoms with Crippen molar-refractivity contribution in [3.05, 3.63) is 18.2 Å². The van der Waals surface area contributed by atoms with Gasteiger partial charge < -0.3 is 29.7 Å². The molecule has 36 heavy (non-hydrogen) atoms. The van der Waals surface area contributed by atoms with Crippen LogP contribution in [0.1, 0.15) is 57.8 Å². The fraction of sp³-hybridized carbons (Fsp3) is 0.760. The number of aromatic nitrogens is 2. The molecule has 1 aromatic rings. The van der Waals surface area contributed by atoms with Crippen LogP contribution in [0.25, 0.3) is 0 Å². The van der Waals surface area contributed by atoms with Gasteiger partial charge in [-0.15, -0.1) is 0 Å². The standard InChI is InChI=1S/C25H36FN5O5/c26-17-14-27-24(28-15-17)30-11-6-18(7-12-30)36-16-20-19(29-22(32)21-5-2-13-35-21)4-1-10-31(20)23(33)25(34)8-3-9-25/h14-15,18-21,34H,1-13,16H2,(H,29,32)/t19-,20-,21-/m0/s1. The number of carbonyl (C=O) groups is 2. The SMILES string of the molecule is O=C(N[C@H]1CCCN(C(=O)C2(O)CCC2)[C@H]1COC1CCN(c2ncc(F)cn2)CC1)[C@@H]1CCCO1. The Morgan fingerprint density at radius 1 is 1.11 bits per heavy atom. The second-order valence-corrected chi connectivity index (χ2v) is 10.4. The Kier molecular flexibility index (Phi) is 7.68. The molecule has 2 N–H and O–H groups in total. The van der Waals surface area contributed by atoms with Crippen molar-refractivity contribution >= 4 is 17.8 Å². The summed E-state index contributed by atoms with van der Waals surface area (Å²) in [7, 11) is 0. The van der Waals surface area contributed by atoms with Gasteiger partial charge in [-0.25, -0.2) is 14.4 Å². The molecule has 4 aliphatic rings. The first-order chi connectivity index (χ1) is 17.4. The third kappa shape index (κ3) is 5.47. The van der Waals surface area contributed by atoms with E-state index in [1.807, 2.05) is 4.90 Å². The van der Waals surface area contributed by atoms with Crippen LogP contribution in [0.2, 0.25) is 0 Å². The summed E-state index contributed by atoms with van der Waals surface area (Å²) >= 11 is 0. The number of amides is 2. The van der Waals surface area contributed by atoms with E-state index in [0.29, 0.717) is 51.5 Å². The number of ether oxygens (including phenoxy) is 2. The summed E-state index contributed by atoms with van der Waals surface area (Å²) in [6.07, 6.45) is 8.25. The van der Waals surface area contributed by atoms with Crippen molar-refractivity contribution in [2.24, 2.45) is 0 Å². The molecule has 3 saturated heterocycles. The maximum atomic E-state index is 13.3. The van der Waals surface area contributed by atoms with Gasteiger partial charge in [0.15, 0.2) is 5.82 Å². The molecule has 4 heterocycles. The van der Waals surface area contributed by atoms with Crippen molar-refractivity contribution in [3.8, 4) is 0 Å². The summed E-state index contributed by atoms with van der Waals surface area (Å²) in [4.78, 5) is 38.0. The number of carbonyl (C=O) groups excluding carboxylic acids is 2. The van der Waals surface area contributed by atoms with Crippen molar-refractivity contribution in [3.63, 3.8) is 0 Å². The third-order valence-electron chi connectivity index (χ3n) is 8.00. The molecule has 1 saturated carbocycles. The Hall–Kier alpha value is -2.37. The molecule has 5 rings (SSSR count). The van der Waals surface area contributed by atoms with Gasteiger partial charge in [0.2, 0.25) is 11.9 Å². The smallest absolute Gasteiger partial charge is 0.254 e. The van der Waals surface area contributed by atoms with E-state index in [1.54, 1.807) is 4.90 Å². The number of aliphatic hydroxyl groups is 1. The summed E-state index contributed by atoms with van der Waals surface area (Å²) in [5.74, 6) is -0.339. The lowest BCUT2D eigenvalue weighted by atomic mass is 9.78. The van der Waals surface area contributed by atoms with Crippen molar-refractivity contribution in [1.82, 2.24) is 20.2 Å². The number of hydrogen-bond donors (Lipinski definition) is 2. The minimum atomic E-state index is -1.29. The van der Waals surface area contributed by atoms with Crippen LogP contribution in [0.3, 0.4) is 0 Å². The zero-order valence-electron chi connectivity index (χ0n) is 20.6. The summed E-state index contributed by atoms with van der Waals surface area (Å²) in [5.41, 5.74) is -1.29. The summed E-state index contributed by atoms with van der Waals surface area (Å²) in [6, 6.07) is -0.601. The summed E-state index contributed by atoms with van der Waals surface area (Å²) < 4.78 is 25.0. The molecule has 10 nitrogen and oxygen atoms in total. The molecule has 0 spiro atoms. The third-order valence-corrected chi connectivity index (χ3v) is 8.00. The van der Waals surface area contributed by atoms with Gasteiger partial charge in [-0.2, -0.15) is 0 Å². The van der Waals surface area contributed by atoms with Crippen LogP contribution in [0.4, 0.5) is 10.3 Å². The molecule has 0 aromatic carbocycles. The highest BCUT2D eigenvalue weighted by atomic mass is 19.1. The van der Waals surface area contributed by atoms with Crippen molar-refractivity contribution < 1.29 is 28.6 Å². The highest BCUT2D eigenvalue weighted by Crippen LogP contribution is 2.35. The monoisotopic (exact) mass is 505 g/mol. The Bertz CT molecular complexity index is 916. The average molecular weight is 506 g/mol. The van der Waals surface area contributed by atoms with E-state index in [2.05, 4.69) is 15.3 Å². The largest absolute Gasteiger partial charge is 0.380 e. The molecule has 198 valence electrons. The number of hydrogen-bond acceptors (Lipinski definition) is 8. The van der Waals surface area contributed by atoms with Gasteiger partial charge in [-0.3, -0.25) is 9.59 Å². The number of rotatable bonds is 7. The van der Waals surface area contributed by atoms with Crippen LogP contribution in [-0.2, 0) is 19.1 Å². The zero-order valence-corrected chi connectivity index (χ0v) is 20.6. The Labute approximate surface area is 210 Å². The van der Waals surface area contributed by atoms with E-state index in [-0.39, 0.29) is 36.6 Å². The first-order valence-electron chi connectivity index (χ1n) is 13.2. The number of likely N-dealkylation sites (tertiary alicyclic amines) is 1. The molecule has 11 heteroatoms. The van der Waals surface area contributed by atoms with Crippen LogP contribution in [0, 0.1) is 5.82 Å². The summed E-state index contributed by atoms with van der Waals surface area (Å²) in [5, 5.41) is 13.9.